The first-order valence-corrected chi connectivity index (χ1v) is 7.55. The molecule has 108 valence electrons. The second-order valence-corrected chi connectivity index (χ2v) is 6.07. The standard InChI is InChI=1S/C17H23NO2/c1-12(2)20-15-5-3-13(4-6-15)11-16-17(19)14-7-9-18(16)10-8-14/h3-6,11-12,14,17,19H,7-10H2,1-2H3/b16-11+/t17-/m0/s1. The van der Waals surface area contributed by atoms with Gasteiger partial charge in [0.2, 0.25) is 0 Å². The van der Waals surface area contributed by atoms with Crippen molar-refractivity contribution >= 4 is 6.08 Å². The molecule has 1 aromatic carbocycles. The van der Waals surface area contributed by atoms with Crippen LogP contribution in [0.4, 0.5) is 0 Å². The zero-order valence-corrected chi connectivity index (χ0v) is 12.2. The van der Waals surface area contributed by atoms with E-state index in [4.69, 9.17) is 4.74 Å². The van der Waals surface area contributed by atoms with E-state index in [9.17, 15) is 5.11 Å². The highest BCUT2D eigenvalue weighted by Gasteiger charge is 2.36. The normalized spacial score (nSPS) is 27.4. The van der Waals surface area contributed by atoms with Crippen molar-refractivity contribution in [1.82, 2.24) is 4.90 Å². The molecule has 4 rings (SSSR count). The summed E-state index contributed by atoms with van der Waals surface area (Å²) in [5.41, 5.74) is 2.22. The third-order valence-corrected chi connectivity index (χ3v) is 4.22. The summed E-state index contributed by atoms with van der Waals surface area (Å²) in [7, 11) is 0. The van der Waals surface area contributed by atoms with E-state index in [1.165, 1.54) is 0 Å². The number of aliphatic hydroxyl groups is 1. The van der Waals surface area contributed by atoms with Gasteiger partial charge in [-0.1, -0.05) is 12.1 Å². The van der Waals surface area contributed by atoms with Crippen molar-refractivity contribution in [2.75, 3.05) is 13.1 Å². The highest BCUT2D eigenvalue weighted by Crippen LogP contribution is 2.35. The average Bonchev–Trinajstić information content (AvgIpc) is 2.44. The Morgan fingerprint density at radius 2 is 1.85 bits per heavy atom. The minimum absolute atomic E-state index is 0.196. The molecular weight excluding hydrogens is 250 g/mol. The van der Waals surface area contributed by atoms with Crippen LogP contribution in [0.1, 0.15) is 32.3 Å². The molecule has 0 amide bonds. The first-order valence-electron chi connectivity index (χ1n) is 7.55. The van der Waals surface area contributed by atoms with Gasteiger partial charge in [-0.05, 0) is 56.4 Å². The van der Waals surface area contributed by atoms with Crippen LogP contribution in [0.5, 0.6) is 5.75 Å². The van der Waals surface area contributed by atoms with Gasteiger partial charge in [0.15, 0.2) is 0 Å². The minimum Gasteiger partial charge on any atom is -0.491 e. The molecule has 3 aliphatic heterocycles. The van der Waals surface area contributed by atoms with Gasteiger partial charge >= 0.3 is 0 Å². The third kappa shape index (κ3) is 2.68. The molecule has 0 radical (unpaired) electrons. The van der Waals surface area contributed by atoms with Crippen LogP contribution in [-0.4, -0.2) is 35.3 Å². The molecule has 0 saturated carbocycles. The predicted octanol–water partition coefficient (Wildman–Crippen LogP) is 2.90. The van der Waals surface area contributed by atoms with Crippen LogP contribution in [0.2, 0.25) is 0 Å². The van der Waals surface area contributed by atoms with E-state index < -0.39 is 0 Å². The number of hydrogen-bond donors (Lipinski definition) is 1. The molecule has 0 aliphatic carbocycles. The largest absolute Gasteiger partial charge is 0.491 e. The fourth-order valence-electron chi connectivity index (χ4n) is 3.16. The van der Waals surface area contributed by atoms with Crippen LogP contribution >= 0.6 is 0 Å². The van der Waals surface area contributed by atoms with Crippen molar-refractivity contribution in [2.24, 2.45) is 5.92 Å². The lowest BCUT2D eigenvalue weighted by Crippen LogP contribution is -2.48. The first kappa shape index (κ1) is 13.5. The topological polar surface area (TPSA) is 32.7 Å². The van der Waals surface area contributed by atoms with Gasteiger partial charge in [0.05, 0.1) is 12.2 Å². The molecule has 3 heteroatoms. The lowest BCUT2D eigenvalue weighted by molar-refractivity contribution is 0.0215. The zero-order chi connectivity index (χ0) is 14.1. The highest BCUT2D eigenvalue weighted by molar-refractivity contribution is 5.55. The number of aliphatic hydroxyl groups excluding tert-OH is 1. The molecule has 1 aromatic rings. The molecule has 3 saturated heterocycles. The van der Waals surface area contributed by atoms with E-state index in [2.05, 4.69) is 23.1 Å². The second kappa shape index (κ2) is 5.49. The van der Waals surface area contributed by atoms with E-state index in [0.29, 0.717) is 5.92 Å². The molecule has 20 heavy (non-hydrogen) atoms. The summed E-state index contributed by atoms with van der Waals surface area (Å²) in [6.45, 7) is 6.22. The zero-order valence-electron chi connectivity index (χ0n) is 12.2. The maximum absolute atomic E-state index is 10.4. The fourth-order valence-corrected chi connectivity index (χ4v) is 3.16. The van der Waals surface area contributed by atoms with Crippen molar-refractivity contribution < 1.29 is 9.84 Å². The average molecular weight is 273 g/mol. The van der Waals surface area contributed by atoms with Crippen LogP contribution in [-0.2, 0) is 0 Å². The Morgan fingerprint density at radius 3 is 2.40 bits per heavy atom. The molecule has 1 N–H and O–H groups in total. The molecule has 3 nitrogen and oxygen atoms in total. The van der Waals surface area contributed by atoms with E-state index in [0.717, 1.165) is 42.9 Å². The Hall–Kier alpha value is -1.48. The van der Waals surface area contributed by atoms with Gasteiger partial charge in [-0.25, -0.2) is 0 Å². The monoisotopic (exact) mass is 273 g/mol. The highest BCUT2D eigenvalue weighted by atomic mass is 16.5. The predicted molar refractivity (Wildman–Crippen MR) is 80.5 cm³/mol. The summed E-state index contributed by atoms with van der Waals surface area (Å²) in [6, 6.07) is 8.10. The number of ether oxygens (including phenoxy) is 1. The van der Waals surface area contributed by atoms with Crippen LogP contribution in [0.25, 0.3) is 6.08 Å². The summed E-state index contributed by atoms with van der Waals surface area (Å²) >= 11 is 0. The van der Waals surface area contributed by atoms with E-state index >= 15 is 0 Å². The van der Waals surface area contributed by atoms with Crippen molar-refractivity contribution in [3.05, 3.63) is 35.5 Å². The Balaban J connectivity index is 1.78. The lowest BCUT2D eigenvalue weighted by Gasteiger charge is -2.45. The van der Waals surface area contributed by atoms with E-state index in [1.807, 2.05) is 26.0 Å². The Morgan fingerprint density at radius 1 is 1.20 bits per heavy atom. The van der Waals surface area contributed by atoms with Gasteiger partial charge in [0.25, 0.3) is 0 Å². The Bertz CT molecular complexity index is 480. The van der Waals surface area contributed by atoms with Crippen molar-refractivity contribution in [2.45, 2.75) is 38.9 Å². The van der Waals surface area contributed by atoms with Gasteiger partial charge in [-0.2, -0.15) is 0 Å². The third-order valence-electron chi connectivity index (χ3n) is 4.22. The Labute approximate surface area is 120 Å². The molecule has 3 fully saturated rings. The van der Waals surface area contributed by atoms with Crippen molar-refractivity contribution in [3.63, 3.8) is 0 Å². The number of nitrogens with zero attached hydrogens (tertiary/aromatic N) is 1. The van der Waals surface area contributed by atoms with E-state index in [1.54, 1.807) is 0 Å². The number of benzene rings is 1. The molecule has 0 unspecified atom stereocenters. The number of piperidine rings is 3. The van der Waals surface area contributed by atoms with Gasteiger partial charge in [-0.3, -0.25) is 0 Å². The number of hydrogen-bond acceptors (Lipinski definition) is 3. The van der Waals surface area contributed by atoms with Crippen molar-refractivity contribution in [3.8, 4) is 5.75 Å². The van der Waals surface area contributed by atoms with Gasteiger partial charge in [-0.15, -0.1) is 0 Å². The summed E-state index contributed by atoms with van der Waals surface area (Å²) in [5.74, 6) is 1.35. The molecule has 0 aromatic heterocycles. The second-order valence-electron chi connectivity index (χ2n) is 6.07. The fraction of sp³-hybridized carbons (Fsp3) is 0.529. The summed E-state index contributed by atoms with van der Waals surface area (Å²) in [5, 5.41) is 10.4. The van der Waals surface area contributed by atoms with Crippen LogP contribution in [0.15, 0.2) is 30.0 Å². The van der Waals surface area contributed by atoms with Gasteiger partial charge < -0.3 is 14.7 Å². The van der Waals surface area contributed by atoms with Crippen molar-refractivity contribution in [1.29, 1.82) is 0 Å². The van der Waals surface area contributed by atoms with E-state index in [-0.39, 0.29) is 12.2 Å². The van der Waals surface area contributed by atoms with Crippen LogP contribution < -0.4 is 4.74 Å². The number of fused-ring (bicyclic) bond motifs is 3. The molecule has 3 aliphatic rings. The van der Waals surface area contributed by atoms with Crippen LogP contribution in [0, 0.1) is 5.92 Å². The Kier molecular flexibility index (Phi) is 3.70. The maximum Gasteiger partial charge on any atom is 0.119 e. The minimum atomic E-state index is -0.288. The van der Waals surface area contributed by atoms with Gasteiger partial charge in [0.1, 0.15) is 5.75 Å². The lowest BCUT2D eigenvalue weighted by atomic mass is 9.83. The summed E-state index contributed by atoms with van der Waals surface area (Å²) in [4.78, 5) is 2.32. The molecule has 3 heterocycles. The smallest absolute Gasteiger partial charge is 0.119 e. The summed E-state index contributed by atoms with van der Waals surface area (Å²) < 4.78 is 5.65. The first-order chi connectivity index (χ1) is 9.63. The van der Waals surface area contributed by atoms with Gasteiger partial charge in [0, 0.05) is 18.8 Å². The molecular formula is C17H23NO2. The quantitative estimate of drug-likeness (QED) is 0.919. The van der Waals surface area contributed by atoms with Crippen LogP contribution in [0.3, 0.4) is 0 Å². The maximum atomic E-state index is 10.4. The number of rotatable bonds is 3. The summed E-state index contributed by atoms with van der Waals surface area (Å²) in [6.07, 6.45) is 4.28. The SMILES string of the molecule is CC(C)Oc1ccc(/C=C2\[C@@H](O)C3CCN2CC3)cc1. The molecule has 1 atom stereocenters. The molecule has 2 bridgehead atoms. The molecule has 0 spiro atoms.